The third-order valence-electron chi connectivity index (χ3n) is 4.32. The number of carbonyl (C=O) groups excluding carboxylic acids is 2. The first-order valence-corrected chi connectivity index (χ1v) is 8.88. The smallest absolute Gasteiger partial charge is 0.252 e. The predicted octanol–water partition coefficient (Wildman–Crippen LogP) is 1.12. The summed E-state index contributed by atoms with van der Waals surface area (Å²) in [7, 11) is 1.75. The molecule has 0 radical (unpaired) electrons. The van der Waals surface area contributed by atoms with E-state index in [1.807, 2.05) is 32.0 Å². The molecule has 138 valence electrons. The molecule has 6 nitrogen and oxygen atoms in total. The maximum absolute atomic E-state index is 12.6. The van der Waals surface area contributed by atoms with Crippen molar-refractivity contribution in [3.8, 4) is 0 Å². The van der Waals surface area contributed by atoms with E-state index in [1.54, 1.807) is 11.9 Å². The molecule has 1 aromatic rings. The van der Waals surface area contributed by atoms with Gasteiger partial charge in [-0.15, -0.1) is 0 Å². The highest BCUT2D eigenvalue weighted by atomic mass is 16.5. The fourth-order valence-electron chi connectivity index (χ4n) is 2.74. The van der Waals surface area contributed by atoms with Gasteiger partial charge in [-0.3, -0.25) is 14.5 Å². The van der Waals surface area contributed by atoms with Crippen molar-refractivity contribution in [2.75, 3.05) is 39.8 Å². The van der Waals surface area contributed by atoms with Crippen LogP contribution in [0.2, 0.25) is 0 Å². The normalized spacial score (nSPS) is 18.2. The first-order chi connectivity index (χ1) is 12.0. The Bertz CT molecular complexity index is 562. The molecule has 1 aromatic carbocycles. The summed E-state index contributed by atoms with van der Waals surface area (Å²) in [5.41, 5.74) is 1.24. The number of benzene rings is 1. The van der Waals surface area contributed by atoms with Crippen LogP contribution in [0.4, 0.5) is 0 Å². The minimum atomic E-state index is -0.441. The van der Waals surface area contributed by atoms with Gasteiger partial charge in [-0.25, -0.2) is 0 Å². The third-order valence-corrected chi connectivity index (χ3v) is 4.32. The Morgan fingerprint density at radius 2 is 2.04 bits per heavy atom. The van der Waals surface area contributed by atoms with Gasteiger partial charge in [0.2, 0.25) is 5.91 Å². The fraction of sp³-hybridized carbons (Fsp3) is 0.579. The number of hydrogen-bond donors (Lipinski definition) is 1. The van der Waals surface area contributed by atoms with Gasteiger partial charge in [-0.1, -0.05) is 44.2 Å². The largest absolute Gasteiger partial charge is 0.366 e. The molecule has 1 heterocycles. The average molecular weight is 347 g/mol. The lowest BCUT2D eigenvalue weighted by Crippen LogP contribution is -2.51. The molecule has 2 rings (SSSR count). The average Bonchev–Trinajstić information content (AvgIpc) is 2.61. The lowest BCUT2D eigenvalue weighted by molar-refractivity contribution is -0.148. The highest BCUT2D eigenvalue weighted by Gasteiger charge is 2.28. The Balaban J connectivity index is 1.79. The van der Waals surface area contributed by atoms with E-state index in [1.165, 1.54) is 5.56 Å². The number of nitrogens with one attached hydrogen (secondary N) is 1. The summed E-state index contributed by atoms with van der Waals surface area (Å²) < 4.78 is 5.67. The molecule has 6 heteroatoms. The zero-order valence-corrected chi connectivity index (χ0v) is 15.4. The van der Waals surface area contributed by atoms with Gasteiger partial charge < -0.3 is 15.0 Å². The van der Waals surface area contributed by atoms with E-state index in [9.17, 15) is 9.59 Å². The quantitative estimate of drug-likeness (QED) is 0.803. The molecular weight excluding hydrogens is 318 g/mol. The predicted molar refractivity (Wildman–Crippen MR) is 96.9 cm³/mol. The SMILES string of the molecule is CC(C)C(=O)NCCN(C)C(=O)[C@@H]1CN(Cc2ccccc2)CCO1. The first-order valence-electron chi connectivity index (χ1n) is 8.88. The van der Waals surface area contributed by atoms with Crippen LogP contribution in [-0.2, 0) is 20.9 Å². The van der Waals surface area contributed by atoms with Crippen LogP contribution in [0.25, 0.3) is 0 Å². The highest BCUT2D eigenvalue weighted by Crippen LogP contribution is 2.12. The highest BCUT2D eigenvalue weighted by molar-refractivity contribution is 5.81. The molecule has 1 aliphatic rings. The number of hydrogen-bond acceptors (Lipinski definition) is 4. The molecule has 0 bridgehead atoms. The molecule has 0 aliphatic carbocycles. The number of carbonyl (C=O) groups is 2. The van der Waals surface area contributed by atoms with Crippen molar-refractivity contribution in [1.29, 1.82) is 0 Å². The molecule has 0 saturated carbocycles. The first kappa shape index (κ1) is 19.4. The molecule has 1 N–H and O–H groups in total. The van der Waals surface area contributed by atoms with Crippen molar-refractivity contribution >= 4 is 11.8 Å². The lowest BCUT2D eigenvalue weighted by Gasteiger charge is -2.34. The number of amides is 2. The molecule has 0 aromatic heterocycles. The van der Waals surface area contributed by atoms with Gasteiger partial charge in [0.25, 0.3) is 5.91 Å². The number of rotatable bonds is 7. The molecule has 1 atom stereocenters. The molecule has 0 unspecified atom stereocenters. The minimum Gasteiger partial charge on any atom is -0.366 e. The summed E-state index contributed by atoms with van der Waals surface area (Å²) in [6.07, 6.45) is -0.441. The van der Waals surface area contributed by atoms with Crippen LogP contribution in [0, 0.1) is 5.92 Å². The Hall–Kier alpha value is -1.92. The Kier molecular flexibility index (Phi) is 7.40. The summed E-state index contributed by atoms with van der Waals surface area (Å²) in [5.74, 6) is -0.0745. The van der Waals surface area contributed by atoms with Crippen LogP contribution in [0.3, 0.4) is 0 Å². The van der Waals surface area contributed by atoms with Crippen LogP contribution < -0.4 is 5.32 Å². The van der Waals surface area contributed by atoms with Gasteiger partial charge in [0, 0.05) is 45.7 Å². The second-order valence-corrected chi connectivity index (χ2v) is 6.79. The number of nitrogens with zero attached hydrogens (tertiary/aromatic N) is 2. The Morgan fingerprint density at radius 3 is 2.72 bits per heavy atom. The molecule has 25 heavy (non-hydrogen) atoms. The van der Waals surface area contributed by atoms with E-state index in [0.717, 1.165) is 13.1 Å². The maximum Gasteiger partial charge on any atom is 0.252 e. The van der Waals surface area contributed by atoms with Crippen molar-refractivity contribution in [1.82, 2.24) is 15.1 Å². The van der Waals surface area contributed by atoms with Crippen molar-refractivity contribution < 1.29 is 14.3 Å². The monoisotopic (exact) mass is 347 g/mol. The van der Waals surface area contributed by atoms with E-state index in [2.05, 4.69) is 22.3 Å². The molecular formula is C19H29N3O3. The van der Waals surface area contributed by atoms with E-state index in [4.69, 9.17) is 4.74 Å². The second kappa shape index (κ2) is 9.53. The molecule has 1 fully saturated rings. The number of ether oxygens (including phenoxy) is 1. The Morgan fingerprint density at radius 1 is 1.32 bits per heavy atom. The maximum atomic E-state index is 12.6. The van der Waals surface area contributed by atoms with Crippen LogP contribution in [0.5, 0.6) is 0 Å². The summed E-state index contributed by atoms with van der Waals surface area (Å²) in [6, 6.07) is 10.2. The summed E-state index contributed by atoms with van der Waals surface area (Å²) >= 11 is 0. The zero-order chi connectivity index (χ0) is 18.2. The third kappa shape index (κ3) is 6.14. The zero-order valence-electron chi connectivity index (χ0n) is 15.4. The lowest BCUT2D eigenvalue weighted by atomic mass is 10.2. The van der Waals surface area contributed by atoms with Gasteiger partial charge >= 0.3 is 0 Å². The van der Waals surface area contributed by atoms with Crippen molar-refractivity contribution in [2.24, 2.45) is 5.92 Å². The van der Waals surface area contributed by atoms with Crippen LogP contribution >= 0.6 is 0 Å². The van der Waals surface area contributed by atoms with Crippen molar-refractivity contribution in [2.45, 2.75) is 26.5 Å². The van der Waals surface area contributed by atoms with E-state index < -0.39 is 6.10 Å². The van der Waals surface area contributed by atoms with Gasteiger partial charge in [0.15, 0.2) is 0 Å². The van der Waals surface area contributed by atoms with Crippen molar-refractivity contribution in [3.63, 3.8) is 0 Å². The molecule has 1 saturated heterocycles. The van der Waals surface area contributed by atoms with Gasteiger partial charge in [0.1, 0.15) is 6.10 Å². The standard InChI is InChI=1S/C19H29N3O3/c1-15(2)18(23)20-9-10-21(3)19(24)17-14-22(11-12-25-17)13-16-7-5-4-6-8-16/h4-8,15,17H,9-14H2,1-3H3,(H,20,23)/t17-/m0/s1. The van der Waals surface area contributed by atoms with E-state index in [-0.39, 0.29) is 17.7 Å². The van der Waals surface area contributed by atoms with Gasteiger partial charge in [-0.2, -0.15) is 0 Å². The number of morpholine rings is 1. The van der Waals surface area contributed by atoms with Crippen LogP contribution in [-0.4, -0.2) is 67.6 Å². The summed E-state index contributed by atoms with van der Waals surface area (Å²) in [6.45, 7) is 7.44. The van der Waals surface area contributed by atoms with Crippen molar-refractivity contribution in [3.05, 3.63) is 35.9 Å². The van der Waals surface area contributed by atoms with Crippen LogP contribution in [0.15, 0.2) is 30.3 Å². The van der Waals surface area contributed by atoms with Crippen LogP contribution in [0.1, 0.15) is 19.4 Å². The molecule has 1 aliphatic heterocycles. The second-order valence-electron chi connectivity index (χ2n) is 6.79. The minimum absolute atomic E-state index is 0.00352. The number of likely N-dealkylation sites (N-methyl/N-ethyl adjacent to an activating group) is 1. The summed E-state index contributed by atoms with van der Waals surface area (Å²) in [4.78, 5) is 28.0. The fourth-order valence-corrected chi connectivity index (χ4v) is 2.74. The van der Waals surface area contributed by atoms with Gasteiger partial charge in [0.05, 0.1) is 6.61 Å². The van der Waals surface area contributed by atoms with E-state index in [0.29, 0.717) is 26.2 Å². The molecule has 2 amide bonds. The topological polar surface area (TPSA) is 61.9 Å². The summed E-state index contributed by atoms with van der Waals surface area (Å²) in [5, 5.41) is 2.83. The van der Waals surface area contributed by atoms with Gasteiger partial charge in [-0.05, 0) is 5.56 Å². The van der Waals surface area contributed by atoms with E-state index >= 15 is 0 Å². The molecule has 0 spiro atoms. The Labute approximate surface area is 150 Å².